The number of hydrogen-bond acceptors (Lipinski definition) is 5. The molecule has 1 N–H and O–H groups in total. The molecule has 0 amide bonds. The molecular weight excluding hydrogens is 330 g/mol. The van der Waals surface area contributed by atoms with Gasteiger partial charge < -0.3 is 9.84 Å². The van der Waals surface area contributed by atoms with E-state index >= 15 is 0 Å². The van der Waals surface area contributed by atoms with Crippen LogP contribution in [0.5, 0.6) is 0 Å². The van der Waals surface area contributed by atoms with Crippen LogP contribution >= 0.6 is 11.6 Å². The first-order valence-electron chi connectivity index (χ1n) is 7.38. The predicted octanol–water partition coefficient (Wildman–Crippen LogP) is 0.624. The highest BCUT2D eigenvalue weighted by Gasteiger charge is 2.44. The molecular formula is C13H20ClN3O4S. The fraction of sp³-hybridized carbons (Fsp3) is 0.769. The van der Waals surface area contributed by atoms with Gasteiger partial charge in [-0.3, -0.25) is 4.68 Å². The number of aryl methyl sites for hydroxylation is 1. The van der Waals surface area contributed by atoms with Crippen molar-refractivity contribution in [2.24, 2.45) is 13.0 Å². The summed E-state index contributed by atoms with van der Waals surface area (Å²) in [7, 11) is -2.23. The molecule has 0 aromatic carbocycles. The van der Waals surface area contributed by atoms with E-state index in [2.05, 4.69) is 5.10 Å². The minimum absolute atomic E-state index is 0.00597. The highest BCUT2D eigenvalue weighted by molar-refractivity contribution is 7.89. The highest BCUT2D eigenvalue weighted by Crippen LogP contribution is 2.35. The first kappa shape index (κ1) is 16.2. The maximum atomic E-state index is 13.0. The average molecular weight is 350 g/mol. The molecule has 2 fully saturated rings. The van der Waals surface area contributed by atoms with Crippen LogP contribution in [0.2, 0.25) is 5.02 Å². The molecule has 1 aromatic rings. The van der Waals surface area contributed by atoms with E-state index in [0.29, 0.717) is 19.6 Å². The maximum Gasteiger partial charge on any atom is 0.262 e. The summed E-state index contributed by atoms with van der Waals surface area (Å²) in [5.41, 5.74) is 0. The third-order valence-electron chi connectivity index (χ3n) is 4.54. The summed E-state index contributed by atoms with van der Waals surface area (Å²) in [6.07, 6.45) is 3.27. The molecule has 3 atom stereocenters. The van der Waals surface area contributed by atoms with Gasteiger partial charge in [-0.05, 0) is 12.8 Å². The summed E-state index contributed by atoms with van der Waals surface area (Å²) in [4.78, 5) is 0. The Labute approximate surface area is 134 Å². The first-order chi connectivity index (χ1) is 10.4. The summed E-state index contributed by atoms with van der Waals surface area (Å²) in [5, 5.41) is 14.2. The Balaban J connectivity index is 1.96. The van der Waals surface area contributed by atoms with Crippen molar-refractivity contribution in [2.45, 2.75) is 36.4 Å². The second kappa shape index (κ2) is 6.09. The van der Waals surface area contributed by atoms with Crippen molar-refractivity contribution in [3.05, 3.63) is 11.2 Å². The zero-order chi connectivity index (χ0) is 15.9. The number of ether oxygens (including phenoxy) is 1. The van der Waals surface area contributed by atoms with Gasteiger partial charge in [0.25, 0.3) is 10.0 Å². The summed E-state index contributed by atoms with van der Waals surface area (Å²) in [6.45, 7) is 0.905. The highest BCUT2D eigenvalue weighted by atomic mass is 35.5. The average Bonchev–Trinajstić information content (AvgIpc) is 3.05. The Hall–Kier alpha value is -0.670. The summed E-state index contributed by atoms with van der Waals surface area (Å²) in [5.74, 6) is -0.0953. The number of aromatic nitrogens is 2. The minimum atomic E-state index is -3.78. The molecule has 1 saturated heterocycles. The molecule has 2 aliphatic rings. The van der Waals surface area contributed by atoms with Gasteiger partial charge in [-0.2, -0.15) is 9.40 Å². The van der Waals surface area contributed by atoms with E-state index in [-0.39, 0.29) is 28.6 Å². The lowest BCUT2D eigenvalue weighted by molar-refractivity contribution is -0.0149. The fourth-order valence-corrected chi connectivity index (χ4v) is 5.71. The van der Waals surface area contributed by atoms with E-state index in [1.54, 1.807) is 7.05 Å². The summed E-state index contributed by atoms with van der Waals surface area (Å²) < 4.78 is 34.2. The van der Waals surface area contributed by atoms with Crippen LogP contribution in [0, 0.1) is 5.92 Å². The Morgan fingerprint density at radius 1 is 1.45 bits per heavy atom. The number of sulfonamides is 1. The maximum absolute atomic E-state index is 13.0. The van der Waals surface area contributed by atoms with Crippen molar-refractivity contribution in [3.8, 4) is 0 Å². The van der Waals surface area contributed by atoms with Gasteiger partial charge >= 0.3 is 0 Å². The number of aliphatic hydroxyl groups excluding tert-OH is 1. The Kier molecular flexibility index (Phi) is 4.48. The van der Waals surface area contributed by atoms with Crippen molar-refractivity contribution in [2.75, 3.05) is 19.8 Å². The molecule has 124 valence electrons. The van der Waals surface area contributed by atoms with Crippen LogP contribution in [0.4, 0.5) is 0 Å². The van der Waals surface area contributed by atoms with Crippen LogP contribution in [0.15, 0.2) is 11.2 Å². The standard InChI is InChI=1S/C13H20ClN3O4S/c1-16-13(10(14)7-15-16)22(19,20)17-5-6-21-8-11(17)9-3-2-4-12(9)18/h7,9,11-12,18H,2-6,8H2,1H3/t9-,11+,12-/m0/s1. The van der Waals surface area contributed by atoms with Crippen molar-refractivity contribution in [1.82, 2.24) is 14.1 Å². The monoisotopic (exact) mass is 349 g/mol. The Bertz CT molecular complexity index is 628. The number of nitrogens with zero attached hydrogens (tertiary/aromatic N) is 3. The lowest BCUT2D eigenvalue weighted by atomic mass is 9.96. The molecule has 1 aliphatic carbocycles. The zero-order valence-corrected chi connectivity index (χ0v) is 13.9. The van der Waals surface area contributed by atoms with Gasteiger partial charge in [0.15, 0.2) is 5.03 Å². The minimum Gasteiger partial charge on any atom is -0.393 e. The van der Waals surface area contributed by atoms with Crippen molar-refractivity contribution < 1.29 is 18.3 Å². The van der Waals surface area contributed by atoms with Crippen LogP contribution < -0.4 is 0 Å². The quantitative estimate of drug-likeness (QED) is 0.865. The second-order valence-electron chi connectivity index (χ2n) is 5.84. The van der Waals surface area contributed by atoms with E-state index in [4.69, 9.17) is 16.3 Å². The molecule has 2 heterocycles. The molecule has 0 bridgehead atoms. The number of halogens is 1. The normalized spacial score (nSPS) is 30.8. The van der Waals surface area contributed by atoms with Crippen LogP contribution in [-0.2, 0) is 21.8 Å². The van der Waals surface area contributed by atoms with Gasteiger partial charge in [0.2, 0.25) is 0 Å². The molecule has 1 aliphatic heterocycles. The molecule has 0 unspecified atom stereocenters. The van der Waals surface area contributed by atoms with Gasteiger partial charge in [-0.25, -0.2) is 8.42 Å². The molecule has 0 spiro atoms. The van der Waals surface area contributed by atoms with Crippen LogP contribution in [-0.4, -0.2) is 59.5 Å². The van der Waals surface area contributed by atoms with Gasteiger partial charge in [0, 0.05) is 19.5 Å². The number of aliphatic hydroxyl groups is 1. The third-order valence-corrected chi connectivity index (χ3v) is 6.97. The van der Waals surface area contributed by atoms with E-state index in [9.17, 15) is 13.5 Å². The number of rotatable bonds is 3. The Morgan fingerprint density at radius 2 is 2.23 bits per heavy atom. The molecule has 22 heavy (non-hydrogen) atoms. The molecule has 1 saturated carbocycles. The lowest BCUT2D eigenvalue weighted by Crippen LogP contribution is -2.53. The molecule has 7 nitrogen and oxygen atoms in total. The summed E-state index contributed by atoms with van der Waals surface area (Å²) in [6, 6.07) is -0.359. The smallest absolute Gasteiger partial charge is 0.262 e. The Morgan fingerprint density at radius 3 is 2.82 bits per heavy atom. The van der Waals surface area contributed by atoms with Crippen LogP contribution in [0.3, 0.4) is 0 Å². The van der Waals surface area contributed by atoms with Gasteiger partial charge in [0.05, 0.1) is 36.6 Å². The summed E-state index contributed by atoms with van der Waals surface area (Å²) >= 11 is 6.02. The molecule has 1 aromatic heterocycles. The first-order valence-corrected chi connectivity index (χ1v) is 9.20. The van der Waals surface area contributed by atoms with Crippen molar-refractivity contribution in [1.29, 1.82) is 0 Å². The van der Waals surface area contributed by atoms with Gasteiger partial charge in [0.1, 0.15) is 0 Å². The fourth-order valence-electron chi connectivity index (χ4n) is 3.46. The number of morpholine rings is 1. The molecule has 9 heteroatoms. The van der Waals surface area contributed by atoms with E-state index in [1.165, 1.54) is 15.2 Å². The topological polar surface area (TPSA) is 84.7 Å². The second-order valence-corrected chi connectivity index (χ2v) is 8.05. The van der Waals surface area contributed by atoms with Gasteiger partial charge in [-0.15, -0.1) is 0 Å². The SMILES string of the molecule is Cn1ncc(Cl)c1S(=O)(=O)N1CCOC[C@@H]1[C@@H]1CCC[C@@H]1O. The van der Waals surface area contributed by atoms with Crippen molar-refractivity contribution >= 4 is 21.6 Å². The third kappa shape index (κ3) is 2.67. The predicted molar refractivity (Wildman–Crippen MR) is 80.1 cm³/mol. The number of hydrogen-bond donors (Lipinski definition) is 1. The lowest BCUT2D eigenvalue weighted by Gasteiger charge is -2.38. The molecule has 3 rings (SSSR count). The van der Waals surface area contributed by atoms with Crippen molar-refractivity contribution in [3.63, 3.8) is 0 Å². The molecule has 0 radical (unpaired) electrons. The zero-order valence-electron chi connectivity index (χ0n) is 12.4. The van der Waals surface area contributed by atoms with Crippen LogP contribution in [0.25, 0.3) is 0 Å². The largest absolute Gasteiger partial charge is 0.393 e. The van der Waals surface area contributed by atoms with E-state index in [1.807, 2.05) is 0 Å². The van der Waals surface area contributed by atoms with Gasteiger partial charge in [-0.1, -0.05) is 18.0 Å². The van der Waals surface area contributed by atoms with E-state index < -0.39 is 16.1 Å². The van der Waals surface area contributed by atoms with Crippen LogP contribution in [0.1, 0.15) is 19.3 Å². The van der Waals surface area contributed by atoms with E-state index in [0.717, 1.165) is 12.8 Å².